The molecule has 144 valence electrons. The van der Waals surface area contributed by atoms with Gasteiger partial charge in [0, 0.05) is 43.3 Å². The molecular formula is C22H24N4O2. The number of fused-ring (bicyclic) bond motifs is 2. The minimum atomic E-state index is 0.244. The summed E-state index contributed by atoms with van der Waals surface area (Å²) in [4.78, 5) is 6.63. The Labute approximate surface area is 164 Å². The van der Waals surface area contributed by atoms with Gasteiger partial charge in [-0.1, -0.05) is 24.3 Å². The zero-order valence-electron chi connectivity index (χ0n) is 15.9. The molecule has 2 aromatic carbocycles. The van der Waals surface area contributed by atoms with Crippen LogP contribution >= 0.6 is 0 Å². The number of ether oxygens (including phenoxy) is 2. The average Bonchev–Trinajstić information content (AvgIpc) is 3.36. The number of aromatic nitrogens is 1. The average molecular weight is 376 g/mol. The summed E-state index contributed by atoms with van der Waals surface area (Å²) in [6.45, 7) is 3.14. The molecule has 2 aliphatic rings. The molecule has 28 heavy (non-hydrogen) atoms. The Morgan fingerprint density at radius 3 is 3.04 bits per heavy atom. The van der Waals surface area contributed by atoms with Crippen molar-refractivity contribution in [1.29, 1.82) is 0 Å². The molecule has 0 radical (unpaired) electrons. The highest BCUT2D eigenvalue weighted by Gasteiger charge is 2.30. The normalized spacial score (nSPS) is 20.9. The fourth-order valence-corrected chi connectivity index (χ4v) is 4.25. The molecule has 0 saturated carbocycles. The van der Waals surface area contributed by atoms with Gasteiger partial charge < -0.3 is 14.4 Å². The summed E-state index contributed by atoms with van der Waals surface area (Å²) >= 11 is 0. The van der Waals surface area contributed by atoms with E-state index in [1.165, 1.54) is 21.9 Å². The summed E-state index contributed by atoms with van der Waals surface area (Å²) in [7, 11) is 2.19. The second-order valence-electron chi connectivity index (χ2n) is 7.59. The zero-order valence-corrected chi connectivity index (χ0v) is 15.9. The topological polar surface area (TPSA) is 58.7 Å². The molecule has 6 heteroatoms. The highest BCUT2D eigenvalue weighted by Crippen LogP contribution is 2.36. The van der Waals surface area contributed by atoms with E-state index in [0.717, 1.165) is 31.1 Å². The summed E-state index contributed by atoms with van der Waals surface area (Å²) in [6.07, 6.45) is 3.80. The maximum absolute atomic E-state index is 5.55. The summed E-state index contributed by atoms with van der Waals surface area (Å²) in [5.41, 5.74) is 9.32. The van der Waals surface area contributed by atoms with Crippen molar-refractivity contribution >= 4 is 10.8 Å². The number of hydrogen-bond acceptors (Lipinski definition) is 6. The Morgan fingerprint density at radius 1 is 1.14 bits per heavy atom. The van der Waals surface area contributed by atoms with Gasteiger partial charge in [0.1, 0.15) is 0 Å². The molecule has 0 amide bonds. The van der Waals surface area contributed by atoms with Crippen molar-refractivity contribution in [2.24, 2.45) is 5.92 Å². The van der Waals surface area contributed by atoms with Crippen LogP contribution in [0.1, 0.15) is 17.2 Å². The Bertz CT molecular complexity index is 988. The molecule has 2 aliphatic heterocycles. The third kappa shape index (κ3) is 3.30. The van der Waals surface area contributed by atoms with Gasteiger partial charge in [-0.05, 0) is 41.8 Å². The molecule has 2 atom stereocenters. The number of hydrogen-bond donors (Lipinski definition) is 2. The first-order chi connectivity index (χ1) is 13.8. The molecule has 0 spiro atoms. The lowest BCUT2D eigenvalue weighted by Gasteiger charge is -2.25. The van der Waals surface area contributed by atoms with E-state index in [2.05, 4.69) is 64.2 Å². The maximum atomic E-state index is 5.55. The second-order valence-corrected chi connectivity index (χ2v) is 7.59. The number of rotatable bonds is 5. The number of nitrogens with zero attached hydrogens (tertiary/aromatic N) is 2. The summed E-state index contributed by atoms with van der Waals surface area (Å²) in [5, 5.41) is 2.47. The van der Waals surface area contributed by atoms with Gasteiger partial charge in [0.2, 0.25) is 6.79 Å². The van der Waals surface area contributed by atoms with Crippen molar-refractivity contribution in [1.82, 2.24) is 20.7 Å². The molecule has 6 nitrogen and oxygen atoms in total. The van der Waals surface area contributed by atoms with E-state index < -0.39 is 0 Å². The molecule has 3 heterocycles. The van der Waals surface area contributed by atoms with Gasteiger partial charge >= 0.3 is 0 Å². The van der Waals surface area contributed by atoms with Crippen molar-refractivity contribution in [3.05, 3.63) is 66.0 Å². The molecule has 2 N–H and O–H groups in total. The first-order valence-corrected chi connectivity index (χ1v) is 9.66. The molecule has 1 saturated heterocycles. The largest absolute Gasteiger partial charge is 0.454 e. The molecule has 3 aromatic rings. The van der Waals surface area contributed by atoms with Crippen LogP contribution in [0.4, 0.5) is 0 Å². The van der Waals surface area contributed by atoms with Crippen molar-refractivity contribution in [2.75, 3.05) is 26.9 Å². The molecule has 0 bridgehead atoms. The number of pyridine rings is 1. The van der Waals surface area contributed by atoms with E-state index in [1.54, 1.807) is 0 Å². The van der Waals surface area contributed by atoms with Gasteiger partial charge in [-0.15, -0.1) is 0 Å². The molecule has 1 fully saturated rings. The number of benzene rings is 2. The predicted octanol–water partition coefficient (Wildman–Crippen LogP) is 2.86. The van der Waals surface area contributed by atoms with Gasteiger partial charge in [0.25, 0.3) is 0 Å². The van der Waals surface area contributed by atoms with Crippen LogP contribution in [0.2, 0.25) is 0 Å². The van der Waals surface area contributed by atoms with Gasteiger partial charge in [-0.25, -0.2) is 5.43 Å². The maximum Gasteiger partial charge on any atom is 0.231 e. The van der Waals surface area contributed by atoms with Crippen LogP contribution in [-0.4, -0.2) is 36.8 Å². The molecular weight excluding hydrogens is 352 g/mol. The first-order valence-electron chi connectivity index (χ1n) is 9.66. The molecule has 2 unspecified atom stereocenters. The minimum absolute atomic E-state index is 0.244. The Balaban J connectivity index is 1.31. The SMILES string of the molecule is CN(Cc1cccc2cnccc12)CC1CNNC1c1ccc2c(c1)OCO2. The standard InChI is InChI=1S/C22H24N4O2/c1-26(12-17-4-2-3-16-10-23-8-7-19(16)17)13-18-11-24-25-22(18)15-5-6-20-21(9-15)28-14-27-20/h2-10,18,22,24-25H,11-14H2,1H3. The Hall–Kier alpha value is -2.67. The Kier molecular flexibility index (Phi) is 4.60. The highest BCUT2D eigenvalue weighted by atomic mass is 16.7. The van der Waals surface area contributed by atoms with E-state index in [-0.39, 0.29) is 6.04 Å². The van der Waals surface area contributed by atoms with E-state index in [0.29, 0.717) is 12.7 Å². The lowest BCUT2D eigenvalue weighted by molar-refractivity contribution is 0.174. The minimum Gasteiger partial charge on any atom is -0.454 e. The number of nitrogens with one attached hydrogen (secondary N) is 2. The second kappa shape index (κ2) is 7.39. The summed E-state index contributed by atoms with van der Waals surface area (Å²) in [5.74, 6) is 2.12. The third-order valence-electron chi connectivity index (χ3n) is 5.61. The van der Waals surface area contributed by atoms with Crippen LogP contribution in [0.15, 0.2) is 54.9 Å². The first kappa shape index (κ1) is 17.4. The van der Waals surface area contributed by atoms with E-state index >= 15 is 0 Å². The molecule has 1 aromatic heterocycles. The van der Waals surface area contributed by atoms with Crippen LogP contribution in [0.25, 0.3) is 10.8 Å². The summed E-state index contributed by atoms with van der Waals surface area (Å²) < 4.78 is 11.0. The number of hydrazine groups is 1. The van der Waals surface area contributed by atoms with Crippen LogP contribution < -0.4 is 20.3 Å². The van der Waals surface area contributed by atoms with Crippen molar-refractivity contribution in [2.45, 2.75) is 12.6 Å². The van der Waals surface area contributed by atoms with Crippen LogP contribution in [0, 0.1) is 5.92 Å². The Morgan fingerprint density at radius 2 is 2.07 bits per heavy atom. The predicted molar refractivity (Wildman–Crippen MR) is 108 cm³/mol. The quantitative estimate of drug-likeness (QED) is 0.714. The zero-order chi connectivity index (χ0) is 18.9. The van der Waals surface area contributed by atoms with E-state index in [4.69, 9.17) is 9.47 Å². The molecule has 5 rings (SSSR count). The lowest BCUT2D eigenvalue weighted by Crippen LogP contribution is -2.30. The molecule has 0 aliphatic carbocycles. The highest BCUT2D eigenvalue weighted by molar-refractivity contribution is 5.84. The summed E-state index contributed by atoms with van der Waals surface area (Å²) in [6, 6.07) is 15.0. The van der Waals surface area contributed by atoms with Gasteiger partial charge in [0.05, 0.1) is 6.04 Å². The van der Waals surface area contributed by atoms with Crippen molar-refractivity contribution in [3.63, 3.8) is 0 Å². The van der Waals surface area contributed by atoms with E-state index in [9.17, 15) is 0 Å². The monoisotopic (exact) mass is 376 g/mol. The van der Waals surface area contributed by atoms with Gasteiger partial charge in [0.15, 0.2) is 11.5 Å². The van der Waals surface area contributed by atoms with Crippen molar-refractivity contribution < 1.29 is 9.47 Å². The van der Waals surface area contributed by atoms with E-state index in [1.807, 2.05) is 18.5 Å². The van der Waals surface area contributed by atoms with Crippen LogP contribution in [0.5, 0.6) is 11.5 Å². The van der Waals surface area contributed by atoms with Crippen LogP contribution in [-0.2, 0) is 6.54 Å². The smallest absolute Gasteiger partial charge is 0.231 e. The fourth-order valence-electron chi connectivity index (χ4n) is 4.25. The lowest BCUT2D eigenvalue weighted by atomic mass is 9.94. The van der Waals surface area contributed by atoms with Crippen LogP contribution in [0.3, 0.4) is 0 Å². The van der Waals surface area contributed by atoms with Crippen molar-refractivity contribution in [3.8, 4) is 11.5 Å². The third-order valence-corrected chi connectivity index (χ3v) is 5.61. The fraction of sp³-hybridized carbons (Fsp3) is 0.318. The van der Waals surface area contributed by atoms with Gasteiger partial charge in [-0.2, -0.15) is 0 Å². The van der Waals surface area contributed by atoms with Gasteiger partial charge in [-0.3, -0.25) is 10.4 Å².